The quantitative estimate of drug-likeness (QED) is 0.450. The lowest BCUT2D eigenvalue weighted by Crippen LogP contribution is -2.50. The topological polar surface area (TPSA) is 35.5 Å². The lowest BCUT2D eigenvalue weighted by molar-refractivity contribution is -0.158. The summed E-state index contributed by atoms with van der Waals surface area (Å²) in [5.74, 6) is -0.509. The molecule has 0 aromatic rings. The van der Waals surface area contributed by atoms with Crippen LogP contribution < -0.4 is 0 Å². The lowest BCUT2D eigenvalue weighted by Gasteiger charge is -2.40. The van der Waals surface area contributed by atoms with Gasteiger partial charge in [0.25, 0.3) is 0 Å². The molecular formula is C9H11Cl3O3. The van der Waals surface area contributed by atoms with E-state index in [0.717, 1.165) is 0 Å². The molecule has 3 nitrogen and oxygen atoms in total. The van der Waals surface area contributed by atoms with Crippen LogP contribution in [0.4, 0.5) is 0 Å². The molecule has 1 heterocycles. The van der Waals surface area contributed by atoms with Gasteiger partial charge in [-0.15, -0.1) is 0 Å². The van der Waals surface area contributed by atoms with Crippen LogP contribution in [0.25, 0.3) is 0 Å². The lowest BCUT2D eigenvalue weighted by atomic mass is 10.0. The normalized spacial score (nSPS) is 25.6. The molecule has 0 saturated carbocycles. The molecule has 0 radical (unpaired) electrons. The van der Waals surface area contributed by atoms with E-state index in [1.54, 1.807) is 6.92 Å². The summed E-state index contributed by atoms with van der Waals surface area (Å²) in [4.78, 5) is 11.1. The van der Waals surface area contributed by atoms with Crippen LogP contribution >= 0.6 is 34.8 Å². The molecule has 86 valence electrons. The third kappa shape index (κ3) is 3.52. The van der Waals surface area contributed by atoms with Crippen molar-refractivity contribution in [2.45, 2.75) is 16.8 Å². The molecule has 1 aliphatic heterocycles. The summed E-state index contributed by atoms with van der Waals surface area (Å²) in [5, 5.41) is 0. The minimum Gasteiger partial charge on any atom is -0.462 e. The SMILES string of the molecule is C=C(C)C(=O)OCC1COC1C(Cl)(Cl)Cl. The third-order valence-electron chi connectivity index (χ3n) is 2.02. The molecule has 1 fully saturated rings. The Morgan fingerprint density at radius 2 is 2.20 bits per heavy atom. The maximum absolute atomic E-state index is 11.1. The van der Waals surface area contributed by atoms with Gasteiger partial charge in [-0.05, 0) is 6.92 Å². The number of ether oxygens (including phenoxy) is 2. The van der Waals surface area contributed by atoms with Gasteiger partial charge in [0.15, 0.2) is 0 Å². The number of hydrogen-bond donors (Lipinski definition) is 0. The van der Waals surface area contributed by atoms with Crippen molar-refractivity contribution in [1.29, 1.82) is 0 Å². The molecule has 1 rings (SSSR count). The second kappa shape index (κ2) is 4.91. The first kappa shape index (κ1) is 13.1. The van der Waals surface area contributed by atoms with E-state index in [1.165, 1.54) is 0 Å². The summed E-state index contributed by atoms with van der Waals surface area (Å²) in [5.41, 5.74) is 0.348. The molecule has 1 aliphatic rings. The van der Waals surface area contributed by atoms with Crippen LogP contribution in [0.3, 0.4) is 0 Å². The van der Waals surface area contributed by atoms with Crippen LogP contribution in [0.1, 0.15) is 6.92 Å². The highest BCUT2D eigenvalue weighted by Crippen LogP contribution is 2.41. The summed E-state index contributed by atoms with van der Waals surface area (Å²) in [6.45, 7) is 5.65. The van der Waals surface area contributed by atoms with Gasteiger partial charge in [0.2, 0.25) is 3.79 Å². The first-order valence-corrected chi connectivity index (χ1v) is 5.46. The number of alkyl halides is 3. The average molecular weight is 274 g/mol. The molecule has 1 saturated heterocycles. The minimum atomic E-state index is -1.47. The Kier molecular flexibility index (Phi) is 4.29. The van der Waals surface area contributed by atoms with Crippen molar-refractivity contribution in [3.8, 4) is 0 Å². The summed E-state index contributed by atoms with van der Waals surface area (Å²) >= 11 is 17.0. The summed E-state index contributed by atoms with van der Waals surface area (Å²) in [6.07, 6.45) is -0.513. The van der Waals surface area contributed by atoms with Crippen molar-refractivity contribution in [2.24, 2.45) is 5.92 Å². The van der Waals surface area contributed by atoms with Gasteiger partial charge < -0.3 is 9.47 Å². The van der Waals surface area contributed by atoms with Crippen LogP contribution in [0.5, 0.6) is 0 Å². The van der Waals surface area contributed by atoms with Crippen molar-refractivity contribution in [1.82, 2.24) is 0 Å². The van der Waals surface area contributed by atoms with Gasteiger partial charge in [0.1, 0.15) is 6.10 Å². The zero-order valence-electron chi connectivity index (χ0n) is 8.13. The van der Waals surface area contributed by atoms with Gasteiger partial charge in [-0.25, -0.2) is 4.79 Å². The van der Waals surface area contributed by atoms with Crippen molar-refractivity contribution in [3.63, 3.8) is 0 Å². The predicted molar refractivity (Wildman–Crippen MR) is 59.3 cm³/mol. The van der Waals surface area contributed by atoms with E-state index in [1.807, 2.05) is 0 Å². The van der Waals surface area contributed by atoms with E-state index in [9.17, 15) is 4.79 Å². The molecule has 0 spiro atoms. The number of hydrogen-bond acceptors (Lipinski definition) is 3. The molecule has 0 aromatic carbocycles. The van der Waals surface area contributed by atoms with Gasteiger partial charge >= 0.3 is 5.97 Å². The molecule has 0 aromatic heterocycles. The van der Waals surface area contributed by atoms with E-state index < -0.39 is 15.9 Å². The van der Waals surface area contributed by atoms with Gasteiger partial charge in [0, 0.05) is 11.5 Å². The summed E-state index contributed by atoms with van der Waals surface area (Å²) < 4.78 is 8.56. The highest BCUT2D eigenvalue weighted by molar-refractivity contribution is 6.68. The maximum Gasteiger partial charge on any atom is 0.333 e. The molecular weight excluding hydrogens is 262 g/mol. The fourth-order valence-electron chi connectivity index (χ4n) is 1.13. The third-order valence-corrected chi connectivity index (χ3v) is 2.66. The fourth-order valence-corrected chi connectivity index (χ4v) is 1.86. The monoisotopic (exact) mass is 272 g/mol. The molecule has 0 amide bonds. The Balaban J connectivity index is 2.35. The number of carbonyl (C=O) groups is 1. The number of halogens is 3. The molecule has 15 heavy (non-hydrogen) atoms. The Labute approximate surface area is 103 Å². The minimum absolute atomic E-state index is 0.0687. The number of rotatable bonds is 3. The number of esters is 1. The van der Waals surface area contributed by atoms with Crippen LogP contribution in [-0.4, -0.2) is 29.1 Å². The zero-order valence-corrected chi connectivity index (χ0v) is 10.4. The van der Waals surface area contributed by atoms with Crippen molar-refractivity contribution >= 4 is 40.8 Å². The number of carbonyl (C=O) groups excluding carboxylic acids is 1. The van der Waals surface area contributed by atoms with Crippen LogP contribution in [-0.2, 0) is 14.3 Å². The Bertz CT molecular complexity index is 272. The largest absolute Gasteiger partial charge is 0.462 e. The predicted octanol–water partition coefficient (Wildman–Crippen LogP) is 2.49. The van der Waals surface area contributed by atoms with Crippen LogP contribution in [0.2, 0.25) is 0 Å². The van der Waals surface area contributed by atoms with Gasteiger partial charge in [-0.3, -0.25) is 0 Å². The van der Waals surface area contributed by atoms with Crippen molar-refractivity contribution < 1.29 is 14.3 Å². The van der Waals surface area contributed by atoms with Crippen molar-refractivity contribution in [3.05, 3.63) is 12.2 Å². The highest BCUT2D eigenvalue weighted by atomic mass is 35.6. The van der Waals surface area contributed by atoms with E-state index in [4.69, 9.17) is 44.3 Å². The second-order valence-corrected chi connectivity index (χ2v) is 5.80. The van der Waals surface area contributed by atoms with E-state index in [2.05, 4.69) is 6.58 Å². The van der Waals surface area contributed by atoms with E-state index in [0.29, 0.717) is 12.2 Å². The first-order chi connectivity index (χ1) is 6.82. The zero-order chi connectivity index (χ0) is 11.6. The summed E-state index contributed by atoms with van der Waals surface area (Å²) in [7, 11) is 0. The van der Waals surface area contributed by atoms with E-state index >= 15 is 0 Å². The Morgan fingerprint density at radius 1 is 1.60 bits per heavy atom. The molecule has 0 N–H and O–H groups in total. The standard InChI is InChI=1S/C9H11Cl3O3/c1-5(2)8(13)15-4-6-3-14-7(6)9(10,11)12/h6-7H,1,3-4H2,2H3. The first-order valence-electron chi connectivity index (χ1n) is 4.33. The molecule has 0 aliphatic carbocycles. The van der Waals surface area contributed by atoms with Crippen LogP contribution in [0.15, 0.2) is 12.2 Å². The molecule has 0 bridgehead atoms. The van der Waals surface area contributed by atoms with Crippen molar-refractivity contribution in [2.75, 3.05) is 13.2 Å². The van der Waals surface area contributed by atoms with E-state index in [-0.39, 0.29) is 12.5 Å². The summed E-state index contributed by atoms with van der Waals surface area (Å²) in [6, 6.07) is 0. The molecule has 6 heteroatoms. The smallest absolute Gasteiger partial charge is 0.333 e. The van der Waals surface area contributed by atoms with Gasteiger partial charge in [-0.1, -0.05) is 41.4 Å². The molecule has 2 atom stereocenters. The second-order valence-electron chi connectivity index (χ2n) is 3.43. The maximum atomic E-state index is 11.1. The fraction of sp³-hybridized carbons (Fsp3) is 0.667. The van der Waals surface area contributed by atoms with Gasteiger partial charge in [-0.2, -0.15) is 0 Å². The molecule has 2 unspecified atom stereocenters. The highest BCUT2D eigenvalue weighted by Gasteiger charge is 2.46. The average Bonchev–Trinajstić information content (AvgIpc) is 1.98. The van der Waals surface area contributed by atoms with Gasteiger partial charge in [0.05, 0.1) is 13.2 Å². The van der Waals surface area contributed by atoms with Crippen LogP contribution in [0, 0.1) is 5.92 Å². The Hall–Kier alpha value is 0.0400. The Morgan fingerprint density at radius 3 is 2.53 bits per heavy atom.